The minimum Gasteiger partial charge on any atom is -0.466 e. The lowest BCUT2D eigenvalue weighted by Gasteiger charge is -1.75. The lowest BCUT2D eigenvalue weighted by Crippen LogP contribution is -1.65. The van der Waals surface area contributed by atoms with E-state index < -0.39 is 0 Å². The summed E-state index contributed by atoms with van der Waals surface area (Å²) < 4.78 is 16.6. The van der Waals surface area contributed by atoms with Gasteiger partial charge in [0.15, 0.2) is 5.82 Å². The molecule has 0 atom stereocenters. The molecule has 1 rings (SSSR count). The molecule has 2 heteroatoms. The number of hydrogen-bond donors (Lipinski definition) is 0. The highest BCUT2D eigenvalue weighted by molar-refractivity contribution is 4.98. The minimum atomic E-state index is -0.278. The Kier molecular flexibility index (Phi) is 0.855. The van der Waals surface area contributed by atoms with Crippen molar-refractivity contribution in [3.05, 3.63) is 23.9 Å². The molecule has 0 aliphatic heterocycles. The molecular weight excluding hydrogens is 95.1 g/mol. The highest BCUT2D eigenvalue weighted by Crippen LogP contribution is 2.03. The van der Waals surface area contributed by atoms with Gasteiger partial charge in [-0.3, -0.25) is 0 Å². The van der Waals surface area contributed by atoms with Crippen LogP contribution in [0, 0.1) is 12.7 Å². The van der Waals surface area contributed by atoms with Crippen molar-refractivity contribution in [3.63, 3.8) is 0 Å². The van der Waals surface area contributed by atoms with E-state index in [2.05, 4.69) is 4.42 Å². The number of halogens is 1. The Labute approximate surface area is 40.8 Å². The summed E-state index contributed by atoms with van der Waals surface area (Å²) in [4.78, 5) is 0. The van der Waals surface area contributed by atoms with Crippen molar-refractivity contribution >= 4 is 0 Å². The molecule has 0 amide bonds. The maximum atomic E-state index is 12.0. The maximum absolute atomic E-state index is 12.0. The molecule has 7 heavy (non-hydrogen) atoms. The molecule has 1 aromatic rings. The van der Waals surface area contributed by atoms with E-state index >= 15 is 0 Å². The van der Waals surface area contributed by atoms with Crippen LogP contribution in [0.3, 0.4) is 0 Å². The van der Waals surface area contributed by atoms with Gasteiger partial charge in [-0.05, 0) is 6.92 Å². The van der Waals surface area contributed by atoms with E-state index in [1.165, 1.54) is 12.3 Å². The standard InChI is InChI=1S/C5H5FO/c1-4-5(6)2-3-7-4/h2-3H,1H3. The fourth-order valence-corrected chi connectivity index (χ4v) is 0.369. The van der Waals surface area contributed by atoms with E-state index in [0.717, 1.165) is 0 Å². The van der Waals surface area contributed by atoms with Crippen molar-refractivity contribution in [2.45, 2.75) is 6.92 Å². The molecule has 1 nitrogen and oxygen atoms in total. The summed E-state index contributed by atoms with van der Waals surface area (Å²) in [6.07, 6.45) is 1.32. The van der Waals surface area contributed by atoms with Gasteiger partial charge < -0.3 is 4.42 Å². The third-order valence-corrected chi connectivity index (χ3v) is 0.796. The first kappa shape index (κ1) is 4.37. The zero-order chi connectivity index (χ0) is 5.28. The second-order valence-electron chi connectivity index (χ2n) is 1.32. The van der Waals surface area contributed by atoms with Gasteiger partial charge in [0.2, 0.25) is 0 Å². The van der Waals surface area contributed by atoms with Gasteiger partial charge in [0.25, 0.3) is 0 Å². The highest BCUT2D eigenvalue weighted by Gasteiger charge is 1.94. The zero-order valence-electron chi connectivity index (χ0n) is 3.94. The molecule has 0 saturated heterocycles. The van der Waals surface area contributed by atoms with Crippen LogP contribution in [0.5, 0.6) is 0 Å². The van der Waals surface area contributed by atoms with Crippen LogP contribution in [0.1, 0.15) is 5.76 Å². The summed E-state index contributed by atoms with van der Waals surface area (Å²) in [5.74, 6) is 0.0694. The smallest absolute Gasteiger partial charge is 0.164 e. The molecule has 0 aromatic carbocycles. The van der Waals surface area contributed by atoms with Gasteiger partial charge in [0.05, 0.1) is 6.26 Å². The topological polar surface area (TPSA) is 13.1 Å². The third-order valence-electron chi connectivity index (χ3n) is 0.796. The van der Waals surface area contributed by atoms with E-state index in [1.54, 1.807) is 6.92 Å². The SMILES string of the molecule is Cc1occc1F. The Morgan fingerprint density at radius 1 is 1.71 bits per heavy atom. The first-order valence-corrected chi connectivity index (χ1v) is 2.00. The third kappa shape index (κ3) is 0.633. The molecule has 0 spiro atoms. The molecular formula is C5H5FO. The molecule has 0 N–H and O–H groups in total. The summed E-state index contributed by atoms with van der Waals surface area (Å²) in [5.41, 5.74) is 0. The molecule has 0 radical (unpaired) electrons. The van der Waals surface area contributed by atoms with Gasteiger partial charge in [0, 0.05) is 6.07 Å². The first-order chi connectivity index (χ1) is 3.30. The van der Waals surface area contributed by atoms with Gasteiger partial charge in [-0.15, -0.1) is 0 Å². The number of aryl methyl sites for hydroxylation is 1. The Balaban J connectivity index is 3.12. The number of rotatable bonds is 0. The molecule has 0 saturated carbocycles. The Hall–Kier alpha value is -0.790. The van der Waals surface area contributed by atoms with E-state index in [0.29, 0.717) is 5.76 Å². The predicted octanol–water partition coefficient (Wildman–Crippen LogP) is 1.73. The number of furan rings is 1. The number of hydrogen-bond acceptors (Lipinski definition) is 1. The van der Waals surface area contributed by atoms with Gasteiger partial charge in [-0.25, -0.2) is 4.39 Å². The summed E-state index contributed by atoms with van der Waals surface area (Å²) in [6, 6.07) is 1.29. The first-order valence-electron chi connectivity index (χ1n) is 2.00. The molecule has 0 aliphatic rings. The van der Waals surface area contributed by atoms with Crippen molar-refractivity contribution in [2.24, 2.45) is 0 Å². The van der Waals surface area contributed by atoms with Gasteiger partial charge >= 0.3 is 0 Å². The lowest BCUT2D eigenvalue weighted by atomic mass is 10.5. The summed E-state index contributed by atoms with van der Waals surface area (Å²) in [5, 5.41) is 0. The van der Waals surface area contributed by atoms with E-state index in [-0.39, 0.29) is 5.82 Å². The monoisotopic (exact) mass is 100 g/mol. The zero-order valence-corrected chi connectivity index (χ0v) is 3.94. The maximum Gasteiger partial charge on any atom is 0.164 e. The van der Waals surface area contributed by atoms with Crippen molar-refractivity contribution in [1.29, 1.82) is 0 Å². The lowest BCUT2D eigenvalue weighted by molar-refractivity contribution is 0.497. The highest BCUT2D eigenvalue weighted by atomic mass is 19.1. The summed E-state index contributed by atoms with van der Waals surface area (Å²) >= 11 is 0. The van der Waals surface area contributed by atoms with Crippen LogP contribution in [-0.4, -0.2) is 0 Å². The molecule has 0 unspecified atom stereocenters. The second kappa shape index (κ2) is 1.37. The largest absolute Gasteiger partial charge is 0.466 e. The molecule has 1 aromatic heterocycles. The van der Waals surface area contributed by atoms with Crippen LogP contribution < -0.4 is 0 Å². The quantitative estimate of drug-likeness (QED) is 0.483. The normalized spacial score (nSPS) is 9.43. The van der Waals surface area contributed by atoms with Crippen molar-refractivity contribution in [2.75, 3.05) is 0 Å². The van der Waals surface area contributed by atoms with Gasteiger partial charge in [0.1, 0.15) is 5.76 Å². The van der Waals surface area contributed by atoms with Crippen LogP contribution in [0.4, 0.5) is 4.39 Å². The van der Waals surface area contributed by atoms with Crippen LogP contribution >= 0.6 is 0 Å². The van der Waals surface area contributed by atoms with Gasteiger partial charge in [-0.1, -0.05) is 0 Å². The van der Waals surface area contributed by atoms with Crippen molar-refractivity contribution in [1.82, 2.24) is 0 Å². The van der Waals surface area contributed by atoms with Crippen LogP contribution in [-0.2, 0) is 0 Å². The average Bonchev–Trinajstić information content (AvgIpc) is 1.91. The second-order valence-corrected chi connectivity index (χ2v) is 1.32. The Morgan fingerprint density at radius 2 is 2.43 bits per heavy atom. The van der Waals surface area contributed by atoms with E-state index in [1.807, 2.05) is 0 Å². The van der Waals surface area contributed by atoms with Crippen LogP contribution in [0.25, 0.3) is 0 Å². The van der Waals surface area contributed by atoms with Crippen molar-refractivity contribution in [3.8, 4) is 0 Å². The average molecular weight is 100 g/mol. The fourth-order valence-electron chi connectivity index (χ4n) is 0.369. The van der Waals surface area contributed by atoms with Crippen LogP contribution in [0.15, 0.2) is 16.7 Å². The molecule has 0 aliphatic carbocycles. The van der Waals surface area contributed by atoms with Crippen LogP contribution in [0.2, 0.25) is 0 Å². The summed E-state index contributed by atoms with van der Waals surface area (Å²) in [6.45, 7) is 1.58. The molecule has 1 heterocycles. The molecule has 0 fully saturated rings. The van der Waals surface area contributed by atoms with E-state index in [9.17, 15) is 4.39 Å². The fraction of sp³-hybridized carbons (Fsp3) is 0.200. The Morgan fingerprint density at radius 3 is 2.57 bits per heavy atom. The molecule has 0 bridgehead atoms. The summed E-state index contributed by atoms with van der Waals surface area (Å²) in [7, 11) is 0. The minimum absolute atomic E-state index is 0.278. The Bertz CT molecular complexity index is 140. The van der Waals surface area contributed by atoms with Crippen molar-refractivity contribution < 1.29 is 8.81 Å². The van der Waals surface area contributed by atoms with Gasteiger partial charge in [-0.2, -0.15) is 0 Å². The molecule has 38 valence electrons. The van der Waals surface area contributed by atoms with E-state index in [4.69, 9.17) is 0 Å². The predicted molar refractivity (Wildman–Crippen MR) is 23.4 cm³/mol.